The molecule has 1 saturated heterocycles. The lowest BCUT2D eigenvalue weighted by Gasteiger charge is -2.29. The molecule has 25 heavy (non-hydrogen) atoms. The Morgan fingerprint density at radius 1 is 1.40 bits per heavy atom. The summed E-state index contributed by atoms with van der Waals surface area (Å²) in [6.07, 6.45) is 5.03. The normalized spacial score (nSPS) is 18.6. The van der Waals surface area contributed by atoms with Gasteiger partial charge in [-0.05, 0) is 18.8 Å². The molecule has 9 heteroatoms. The van der Waals surface area contributed by atoms with E-state index < -0.39 is 12.1 Å². The molecule has 0 radical (unpaired) electrons. The molecule has 0 aliphatic carbocycles. The molecule has 0 bridgehead atoms. The van der Waals surface area contributed by atoms with Crippen LogP contribution in [0.4, 0.5) is 0 Å². The van der Waals surface area contributed by atoms with Crippen LogP contribution in [0.1, 0.15) is 32.7 Å². The van der Waals surface area contributed by atoms with Crippen molar-refractivity contribution in [3.63, 3.8) is 0 Å². The number of nitrogens with one attached hydrogen (secondary N) is 1. The maximum Gasteiger partial charge on any atom is 0.248 e. The van der Waals surface area contributed by atoms with E-state index in [0.717, 1.165) is 11.3 Å². The highest BCUT2D eigenvalue weighted by molar-refractivity contribution is 7.13. The SMILES string of the molecule is CNC(=O)[C@@H]1CCCN1C(=O)[C@H](C(C)C)n1cc(-c2cncs2)nn1. The molecule has 3 heterocycles. The third-order valence-corrected chi connectivity index (χ3v) is 5.25. The van der Waals surface area contributed by atoms with Crippen LogP contribution < -0.4 is 5.32 Å². The van der Waals surface area contributed by atoms with Gasteiger partial charge >= 0.3 is 0 Å². The summed E-state index contributed by atoms with van der Waals surface area (Å²) in [5.41, 5.74) is 2.43. The Hall–Kier alpha value is -2.29. The molecule has 0 aromatic carbocycles. The Bertz CT molecular complexity index is 742. The van der Waals surface area contributed by atoms with Gasteiger partial charge in [-0.2, -0.15) is 0 Å². The van der Waals surface area contributed by atoms with Gasteiger partial charge in [0.15, 0.2) is 0 Å². The molecule has 1 aliphatic heterocycles. The van der Waals surface area contributed by atoms with Crippen LogP contribution in [0.15, 0.2) is 17.9 Å². The van der Waals surface area contributed by atoms with Crippen LogP contribution >= 0.6 is 11.3 Å². The summed E-state index contributed by atoms with van der Waals surface area (Å²) in [6.45, 7) is 4.54. The van der Waals surface area contributed by atoms with Gasteiger partial charge in [-0.15, -0.1) is 16.4 Å². The second-order valence-corrected chi connectivity index (χ2v) is 7.33. The van der Waals surface area contributed by atoms with E-state index in [4.69, 9.17) is 0 Å². The highest BCUT2D eigenvalue weighted by atomic mass is 32.1. The molecule has 2 atom stereocenters. The van der Waals surface area contributed by atoms with E-state index in [-0.39, 0.29) is 17.7 Å². The Balaban J connectivity index is 1.86. The molecule has 0 spiro atoms. The highest BCUT2D eigenvalue weighted by Crippen LogP contribution is 2.28. The van der Waals surface area contributed by atoms with E-state index in [1.807, 2.05) is 13.8 Å². The highest BCUT2D eigenvalue weighted by Gasteiger charge is 2.38. The number of rotatable bonds is 5. The van der Waals surface area contributed by atoms with Crippen LogP contribution in [0.2, 0.25) is 0 Å². The van der Waals surface area contributed by atoms with Gasteiger partial charge in [-0.1, -0.05) is 19.1 Å². The van der Waals surface area contributed by atoms with Crippen molar-refractivity contribution in [1.82, 2.24) is 30.2 Å². The number of likely N-dealkylation sites (tertiary alicyclic amines) is 1. The van der Waals surface area contributed by atoms with Crippen molar-refractivity contribution in [1.29, 1.82) is 0 Å². The van der Waals surface area contributed by atoms with Crippen molar-refractivity contribution < 1.29 is 9.59 Å². The van der Waals surface area contributed by atoms with Crippen LogP contribution in [0.3, 0.4) is 0 Å². The third kappa shape index (κ3) is 3.41. The van der Waals surface area contributed by atoms with Crippen molar-refractivity contribution in [3.05, 3.63) is 17.9 Å². The molecule has 2 aromatic rings. The lowest BCUT2D eigenvalue weighted by Crippen LogP contribution is -2.48. The number of hydrogen-bond acceptors (Lipinski definition) is 6. The quantitative estimate of drug-likeness (QED) is 0.866. The topological polar surface area (TPSA) is 93.0 Å². The minimum atomic E-state index is -0.487. The molecule has 134 valence electrons. The molecule has 1 fully saturated rings. The van der Waals surface area contributed by atoms with E-state index in [1.165, 1.54) is 11.3 Å². The van der Waals surface area contributed by atoms with Gasteiger partial charge in [-0.25, -0.2) is 4.68 Å². The zero-order valence-electron chi connectivity index (χ0n) is 14.5. The van der Waals surface area contributed by atoms with Gasteiger partial charge in [0, 0.05) is 19.8 Å². The van der Waals surface area contributed by atoms with Crippen LogP contribution in [-0.2, 0) is 9.59 Å². The summed E-state index contributed by atoms with van der Waals surface area (Å²) in [6, 6.07) is -0.886. The number of hydrogen-bond donors (Lipinski definition) is 1. The smallest absolute Gasteiger partial charge is 0.248 e. The van der Waals surface area contributed by atoms with E-state index in [1.54, 1.807) is 34.5 Å². The number of likely N-dealkylation sites (N-methyl/N-ethyl adjacent to an activating group) is 1. The van der Waals surface area contributed by atoms with Gasteiger partial charge in [0.2, 0.25) is 11.8 Å². The lowest BCUT2D eigenvalue weighted by molar-refractivity contribution is -0.142. The van der Waals surface area contributed by atoms with Gasteiger partial charge in [0.05, 0.1) is 16.6 Å². The number of nitrogens with zero attached hydrogens (tertiary/aromatic N) is 5. The van der Waals surface area contributed by atoms with Crippen molar-refractivity contribution in [2.75, 3.05) is 13.6 Å². The van der Waals surface area contributed by atoms with Crippen LogP contribution in [0.5, 0.6) is 0 Å². The molecule has 0 unspecified atom stereocenters. The predicted molar refractivity (Wildman–Crippen MR) is 93.8 cm³/mol. The van der Waals surface area contributed by atoms with Crippen LogP contribution in [-0.4, -0.2) is 56.3 Å². The van der Waals surface area contributed by atoms with Gasteiger partial charge in [0.1, 0.15) is 17.8 Å². The fraction of sp³-hybridized carbons (Fsp3) is 0.562. The van der Waals surface area contributed by atoms with Gasteiger partial charge < -0.3 is 10.2 Å². The average Bonchev–Trinajstić information content (AvgIpc) is 3.32. The molecule has 0 saturated carbocycles. The molecular weight excluding hydrogens is 340 g/mol. The lowest BCUT2D eigenvalue weighted by atomic mass is 10.0. The van der Waals surface area contributed by atoms with Gasteiger partial charge in [-0.3, -0.25) is 14.6 Å². The first kappa shape index (κ1) is 17.5. The fourth-order valence-corrected chi connectivity index (χ4v) is 3.78. The van der Waals surface area contributed by atoms with Crippen molar-refractivity contribution >= 4 is 23.2 Å². The van der Waals surface area contributed by atoms with Crippen molar-refractivity contribution in [2.24, 2.45) is 5.92 Å². The predicted octanol–water partition coefficient (Wildman–Crippen LogP) is 1.34. The first-order chi connectivity index (χ1) is 12.0. The van der Waals surface area contributed by atoms with E-state index in [0.29, 0.717) is 18.7 Å². The molecule has 3 rings (SSSR count). The Kier molecular flexibility index (Phi) is 5.12. The van der Waals surface area contributed by atoms with Crippen LogP contribution in [0, 0.1) is 5.92 Å². The van der Waals surface area contributed by atoms with Crippen molar-refractivity contribution in [2.45, 2.75) is 38.8 Å². The zero-order valence-corrected chi connectivity index (χ0v) is 15.4. The van der Waals surface area contributed by atoms with Gasteiger partial charge in [0.25, 0.3) is 0 Å². The van der Waals surface area contributed by atoms with Crippen LogP contribution in [0.25, 0.3) is 10.6 Å². The number of aromatic nitrogens is 4. The largest absolute Gasteiger partial charge is 0.357 e. The van der Waals surface area contributed by atoms with Crippen molar-refractivity contribution in [3.8, 4) is 10.6 Å². The Labute approximate surface area is 150 Å². The first-order valence-corrected chi connectivity index (χ1v) is 9.23. The molecule has 8 nitrogen and oxygen atoms in total. The summed E-state index contributed by atoms with van der Waals surface area (Å²) in [7, 11) is 1.60. The number of carbonyl (C=O) groups is 2. The number of carbonyl (C=O) groups excluding carboxylic acids is 2. The molecule has 1 N–H and O–H groups in total. The Morgan fingerprint density at radius 2 is 2.20 bits per heavy atom. The minimum absolute atomic E-state index is 0.0226. The monoisotopic (exact) mass is 362 g/mol. The summed E-state index contributed by atoms with van der Waals surface area (Å²) in [4.78, 5) is 31.9. The van der Waals surface area contributed by atoms with E-state index in [2.05, 4.69) is 20.6 Å². The van der Waals surface area contributed by atoms with E-state index in [9.17, 15) is 9.59 Å². The molecule has 2 amide bonds. The molecule has 1 aliphatic rings. The standard InChI is InChI=1S/C16H22N6O2S/c1-10(2)14(16(24)21-6-4-5-12(21)15(23)17-3)22-8-11(19-20-22)13-7-18-9-25-13/h7-10,12,14H,4-6H2,1-3H3,(H,17,23)/t12-,14-/m0/s1. The zero-order chi connectivity index (χ0) is 18.0. The Morgan fingerprint density at radius 3 is 2.84 bits per heavy atom. The maximum atomic E-state index is 13.2. The summed E-state index contributed by atoms with van der Waals surface area (Å²) in [5, 5.41) is 11.0. The molecule has 2 aromatic heterocycles. The second-order valence-electron chi connectivity index (χ2n) is 6.44. The van der Waals surface area contributed by atoms with E-state index >= 15 is 0 Å². The second kappa shape index (κ2) is 7.30. The number of thiazole rings is 1. The fourth-order valence-electron chi connectivity index (χ4n) is 3.21. The summed E-state index contributed by atoms with van der Waals surface area (Å²) < 4.78 is 1.61. The first-order valence-electron chi connectivity index (χ1n) is 8.35. The average molecular weight is 362 g/mol. The summed E-state index contributed by atoms with van der Waals surface area (Å²) >= 11 is 1.48. The number of amides is 2. The summed E-state index contributed by atoms with van der Waals surface area (Å²) in [5.74, 6) is -0.173. The maximum absolute atomic E-state index is 13.2. The minimum Gasteiger partial charge on any atom is -0.357 e. The third-order valence-electron chi connectivity index (χ3n) is 4.45. The molecular formula is C16H22N6O2S.